The molecule has 0 saturated carbocycles. The molecule has 1 aromatic rings. The van der Waals surface area contributed by atoms with Crippen molar-refractivity contribution in [1.29, 1.82) is 0 Å². The van der Waals surface area contributed by atoms with Crippen molar-refractivity contribution in [2.24, 2.45) is 11.7 Å². The summed E-state index contributed by atoms with van der Waals surface area (Å²) in [6, 6.07) is 9.59. The number of benzene rings is 1. The Hall–Kier alpha value is -1.43. The highest BCUT2D eigenvalue weighted by Gasteiger charge is 2.27. The van der Waals surface area contributed by atoms with Gasteiger partial charge in [0.15, 0.2) is 0 Å². The largest absolute Gasteiger partial charge is 0.379 e. The molecule has 5 heteroatoms. The predicted molar refractivity (Wildman–Crippen MR) is 94.7 cm³/mol. The quantitative estimate of drug-likeness (QED) is 0.879. The lowest BCUT2D eigenvalue weighted by Gasteiger charge is -2.36. The van der Waals surface area contributed by atoms with Crippen LogP contribution in [-0.2, 0) is 16.0 Å². The molecule has 5 nitrogen and oxygen atoms in total. The van der Waals surface area contributed by atoms with Crippen LogP contribution in [0.1, 0.15) is 18.4 Å². The van der Waals surface area contributed by atoms with Gasteiger partial charge in [-0.3, -0.25) is 9.69 Å². The van der Waals surface area contributed by atoms with E-state index in [1.54, 1.807) is 0 Å². The highest BCUT2D eigenvalue weighted by Crippen LogP contribution is 2.20. The second-order valence-electron chi connectivity index (χ2n) is 6.98. The van der Waals surface area contributed by atoms with Crippen molar-refractivity contribution in [2.45, 2.75) is 25.3 Å². The Kier molecular flexibility index (Phi) is 6.24. The normalized spacial score (nSPS) is 21.6. The van der Waals surface area contributed by atoms with Crippen LogP contribution < -0.4 is 5.73 Å². The zero-order valence-corrected chi connectivity index (χ0v) is 14.4. The van der Waals surface area contributed by atoms with E-state index in [9.17, 15) is 4.79 Å². The number of rotatable bonds is 5. The highest BCUT2D eigenvalue weighted by molar-refractivity contribution is 5.82. The molecule has 2 fully saturated rings. The fourth-order valence-corrected chi connectivity index (χ4v) is 3.67. The van der Waals surface area contributed by atoms with Gasteiger partial charge < -0.3 is 15.4 Å². The van der Waals surface area contributed by atoms with Crippen molar-refractivity contribution in [2.75, 3.05) is 45.9 Å². The summed E-state index contributed by atoms with van der Waals surface area (Å²) in [5.41, 5.74) is 7.28. The Morgan fingerprint density at radius 1 is 1.12 bits per heavy atom. The van der Waals surface area contributed by atoms with Crippen molar-refractivity contribution in [1.82, 2.24) is 9.80 Å². The number of carbonyl (C=O) groups is 1. The molecule has 24 heavy (non-hydrogen) atoms. The molecule has 2 aliphatic heterocycles. The summed E-state index contributed by atoms with van der Waals surface area (Å²) in [6.45, 7) is 6.62. The minimum absolute atomic E-state index is 0.101. The molecule has 0 spiro atoms. The first-order valence-electron chi connectivity index (χ1n) is 9.11. The first-order chi connectivity index (χ1) is 11.7. The molecule has 0 aromatic heterocycles. The minimum Gasteiger partial charge on any atom is -0.379 e. The summed E-state index contributed by atoms with van der Waals surface area (Å²) >= 11 is 0. The third-order valence-electron chi connectivity index (χ3n) is 5.16. The molecular formula is C19H29N3O2. The molecule has 2 aliphatic rings. The van der Waals surface area contributed by atoms with Crippen LogP contribution in [0.5, 0.6) is 0 Å². The van der Waals surface area contributed by atoms with Gasteiger partial charge in [-0.25, -0.2) is 0 Å². The summed E-state index contributed by atoms with van der Waals surface area (Å²) in [5.74, 6) is 0.793. The maximum atomic E-state index is 12.6. The lowest BCUT2D eigenvalue weighted by atomic mass is 9.95. The van der Waals surface area contributed by atoms with Crippen LogP contribution in [0.3, 0.4) is 0 Å². The van der Waals surface area contributed by atoms with Crippen LogP contribution in [0.4, 0.5) is 0 Å². The molecule has 2 saturated heterocycles. The number of nitrogens with zero attached hydrogens (tertiary/aromatic N) is 2. The predicted octanol–water partition coefficient (Wildman–Crippen LogP) is 1.13. The number of likely N-dealkylation sites (tertiary alicyclic amines) is 1. The van der Waals surface area contributed by atoms with Gasteiger partial charge in [0.1, 0.15) is 0 Å². The van der Waals surface area contributed by atoms with Gasteiger partial charge in [0.2, 0.25) is 5.91 Å². The average Bonchev–Trinajstić information content (AvgIpc) is 2.63. The Bertz CT molecular complexity index is 509. The molecule has 1 atom stereocenters. The molecular weight excluding hydrogens is 302 g/mol. The third kappa shape index (κ3) is 4.79. The number of nitrogens with two attached hydrogens (primary N) is 1. The van der Waals surface area contributed by atoms with Crippen molar-refractivity contribution in [3.8, 4) is 0 Å². The zero-order chi connectivity index (χ0) is 16.8. The van der Waals surface area contributed by atoms with Gasteiger partial charge in [-0.15, -0.1) is 0 Å². The number of hydrogen-bond acceptors (Lipinski definition) is 4. The lowest BCUT2D eigenvalue weighted by molar-refractivity contribution is -0.134. The molecule has 0 unspecified atom stereocenters. The second kappa shape index (κ2) is 8.60. The third-order valence-corrected chi connectivity index (χ3v) is 5.16. The van der Waals surface area contributed by atoms with Crippen molar-refractivity contribution in [3.05, 3.63) is 35.9 Å². The standard InChI is InChI=1S/C19H29N3O2/c20-18(14-16-4-2-1-3-5-16)19(23)22-8-6-17(7-9-22)15-21-10-12-24-13-11-21/h1-5,17-18H,6-15,20H2/t18-/m0/s1. The molecule has 3 rings (SSSR count). The van der Waals surface area contributed by atoms with Gasteiger partial charge in [0, 0.05) is 32.7 Å². The molecule has 0 radical (unpaired) electrons. The number of piperidine rings is 1. The van der Waals surface area contributed by atoms with E-state index < -0.39 is 6.04 Å². The first kappa shape index (κ1) is 17.4. The maximum Gasteiger partial charge on any atom is 0.239 e. The second-order valence-corrected chi connectivity index (χ2v) is 6.98. The van der Waals surface area contributed by atoms with E-state index in [1.165, 1.54) is 0 Å². The SMILES string of the molecule is N[C@@H](Cc1ccccc1)C(=O)N1CCC(CN2CCOCC2)CC1. The highest BCUT2D eigenvalue weighted by atomic mass is 16.5. The number of amides is 1. The summed E-state index contributed by atoms with van der Waals surface area (Å²) in [6.07, 6.45) is 2.79. The Morgan fingerprint density at radius 3 is 2.46 bits per heavy atom. The zero-order valence-electron chi connectivity index (χ0n) is 14.4. The van der Waals surface area contributed by atoms with Crippen molar-refractivity contribution >= 4 is 5.91 Å². The topological polar surface area (TPSA) is 58.8 Å². The fourth-order valence-electron chi connectivity index (χ4n) is 3.67. The van der Waals surface area contributed by atoms with E-state index in [4.69, 9.17) is 10.5 Å². The van der Waals surface area contributed by atoms with Gasteiger partial charge >= 0.3 is 0 Å². The molecule has 0 bridgehead atoms. The number of morpholine rings is 1. The van der Waals surface area contributed by atoms with E-state index in [-0.39, 0.29) is 5.91 Å². The summed E-state index contributed by atoms with van der Waals surface area (Å²) in [4.78, 5) is 17.0. The van der Waals surface area contributed by atoms with Crippen LogP contribution in [-0.4, -0.2) is 67.7 Å². The molecule has 0 aliphatic carbocycles. The Morgan fingerprint density at radius 2 is 1.79 bits per heavy atom. The van der Waals surface area contributed by atoms with E-state index in [0.717, 1.165) is 64.3 Å². The van der Waals surface area contributed by atoms with E-state index in [0.29, 0.717) is 12.3 Å². The summed E-state index contributed by atoms with van der Waals surface area (Å²) in [5, 5.41) is 0. The average molecular weight is 331 g/mol. The van der Waals surface area contributed by atoms with Crippen LogP contribution in [0.15, 0.2) is 30.3 Å². The molecule has 1 aromatic carbocycles. The fraction of sp³-hybridized carbons (Fsp3) is 0.632. The van der Waals surface area contributed by atoms with Crippen LogP contribution in [0.25, 0.3) is 0 Å². The minimum atomic E-state index is -0.428. The Balaban J connectivity index is 1.42. The van der Waals surface area contributed by atoms with Gasteiger partial charge in [-0.1, -0.05) is 30.3 Å². The van der Waals surface area contributed by atoms with Gasteiger partial charge in [0.05, 0.1) is 19.3 Å². The van der Waals surface area contributed by atoms with Gasteiger partial charge in [-0.05, 0) is 30.7 Å². The number of ether oxygens (including phenoxy) is 1. The van der Waals surface area contributed by atoms with Crippen LogP contribution in [0, 0.1) is 5.92 Å². The molecule has 2 heterocycles. The smallest absolute Gasteiger partial charge is 0.239 e. The monoisotopic (exact) mass is 331 g/mol. The number of hydrogen-bond donors (Lipinski definition) is 1. The van der Waals surface area contributed by atoms with Crippen molar-refractivity contribution in [3.63, 3.8) is 0 Å². The first-order valence-corrected chi connectivity index (χ1v) is 9.11. The van der Waals surface area contributed by atoms with E-state index >= 15 is 0 Å². The molecule has 1 amide bonds. The van der Waals surface area contributed by atoms with E-state index in [2.05, 4.69) is 4.90 Å². The molecule has 132 valence electrons. The van der Waals surface area contributed by atoms with E-state index in [1.807, 2.05) is 35.2 Å². The van der Waals surface area contributed by atoms with Crippen LogP contribution in [0.2, 0.25) is 0 Å². The maximum absolute atomic E-state index is 12.6. The number of carbonyl (C=O) groups excluding carboxylic acids is 1. The van der Waals surface area contributed by atoms with Gasteiger partial charge in [-0.2, -0.15) is 0 Å². The summed E-state index contributed by atoms with van der Waals surface area (Å²) in [7, 11) is 0. The summed E-state index contributed by atoms with van der Waals surface area (Å²) < 4.78 is 5.40. The van der Waals surface area contributed by atoms with Crippen molar-refractivity contribution < 1.29 is 9.53 Å². The van der Waals surface area contributed by atoms with Crippen LogP contribution >= 0.6 is 0 Å². The Labute approximate surface area is 144 Å². The molecule has 2 N–H and O–H groups in total. The van der Waals surface area contributed by atoms with Gasteiger partial charge in [0.25, 0.3) is 0 Å². The lowest BCUT2D eigenvalue weighted by Crippen LogP contribution is -2.49.